The monoisotopic (exact) mass is 248 g/mol. The lowest BCUT2D eigenvalue weighted by molar-refractivity contribution is -0.122. The van der Waals surface area contributed by atoms with E-state index in [1.54, 1.807) is 0 Å². The molecule has 0 aromatic heterocycles. The zero-order chi connectivity index (χ0) is 12.3. The van der Waals surface area contributed by atoms with Crippen LogP contribution >= 0.6 is 0 Å². The van der Waals surface area contributed by atoms with Crippen molar-refractivity contribution in [2.24, 2.45) is 0 Å². The molecule has 0 aromatic rings. The fourth-order valence-corrected chi connectivity index (χ4v) is 1.25. The molecule has 0 saturated heterocycles. The Morgan fingerprint density at radius 2 is 1.93 bits per heavy atom. The Balaban J connectivity index is 4.49. The number of halogens is 4. The summed E-state index contributed by atoms with van der Waals surface area (Å²) in [6, 6.07) is 1.29. The van der Waals surface area contributed by atoms with Crippen molar-refractivity contribution < 1.29 is 26.0 Å². The van der Waals surface area contributed by atoms with Crippen molar-refractivity contribution in [2.45, 2.75) is 24.5 Å². The molecular formula is C6H8F4N2O2S. The van der Waals surface area contributed by atoms with Gasteiger partial charge in [-0.25, -0.2) is 21.9 Å². The Kier molecular flexibility index (Phi) is 4.48. The lowest BCUT2D eigenvalue weighted by Gasteiger charge is -2.16. The zero-order valence-corrected chi connectivity index (χ0v) is 8.36. The minimum Gasteiger partial charge on any atom is -0.211 e. The van der Waals surface area contributed by atoms with Crippen LogP contribution in [0, 0.1) is 11.3 Å². The van der Waals surface area contributed by atoms with Crippen LogP contribution in [0.25, 0.3) is 0 Å². The number of nitrogens with one attached hydrogen (secondary N) is 1. The van der Waals surface area contributed by atoms with Crippen molar-refractivity contribution in [3.63, 3.8) is 0 Å². The van der Waals surface area contributed by atoms with E-state index >= 15 is 0 Å². The van der Waals surface area contributed by atoms with Gasteiger partial charge >= 0.3 is 12.3 Å². The van der Waals surface area contributed by atoms with Crippen LogP contribution in [0.5, 0.6) is 0 Å². The molecular weight excluding hydrogens is 240 g/mol. The summed E-state index contributed by atoms with van der Waals surface area (Å²) in [7, 11) is -4.30. The minimum absolute atomic E-state index is 0.947. The molecule has 1 unspecified atom stereocenters. The number of alkyl halides is 4. The molecule has 0 heterocycles. The van der Waals surface area contributed by atoms with Gasteiger partial charge in [-0.3, -0.25) is 0 Å². The Labute approximate surface area is 83.9 Å². The minimum atomic E-state index is -4.44. The summed E-state index contributed by atoms with van der Waals surface area (Å²) in [6.07, 6.45) is -3.96. The highest BCUT2D eigenvalue weighted by Gasteiger charge is 2.41. The number of nitrogens with zero attached hydrogens (tertiary/aromatic N) is 1. The van der Waals surface area contributed by atoms with Gasteiger partial charge in [0, 0.05) is 0 Å². The molecule has 9 heteroatoms. The molecule has 1 N–H and O–H groups in total. The predicted molar refractivity (Wildman–Crippen MR) is 42.9 cm³/mol. The average molecular weight is 248 g/mol. The van der Waals surface area contributed by atoms with Gasteiger partial charge in [-0.15, -0.1) is 0 Å². The van der Waals surface area contributed by atoms with E-state index in [-0.39, 0.29) is 0 Å². The van der Waals surface area contributed by atoms with E-state index in [2.05, 4.69) is 0 Å². The maximum Gasteiger partial charge on any atom is 0.320 e. The third kappa shape index (κ3) is 4.01. The molecule has 0 aliphatic carbocycles. The molecule has 0 aliphatic rings. The van der Waals surface area contributed by atoms with Crippen LogP contribution in [-0.4, -0.2) is 32.6 Å². The Hall–Kier alpha value is -0.880. The van der Waals surface area contributed by atoms with Crippen molar-refractivity contribution in [3.8, 4) is 6.07 Å². The largest absolute Gasteiger partial charge is 0.320 e. The molecule has 0 rings (SSSR count). The molecule has 0 aliphatic heterocycles. The quantitative estimate of drug-likeness (QED) is 0.729. The Bertz CT molecular complexity index is 349. The van der Waals surface area contributed by atoms with Crippen molar-refractivity contribution in [1.29, 1.82) is 5.26 Å². The van der Waals surface area contributed by atoms with E-state index in [1.165, 1.54) is 10.8 Å². The predicted octanol–water partition coefficient (Wildman–Crippen LogP) is 0.718. The SMILES string of the molecule is CC(C#N)S(=O)(=O)NCC(F)(F)C(F)F. The first kappa shape index (κ1) is 14.1. The molecule has 0 spiro atoms. The molecule has 88 valence electrons. The number of rotatable bonds is 5. The van der Waals surface area contributed by atoms with Crippen LogP contribution in [-0.2, 0) is 10.0 Å². The fourth-order valence-electron chi connectivity index (χ4n) is 0.468. The highest BCUT2D eigenvalue weighted by Crippen LogP contribution is 2.21. The summed E-state index contributed by atoms with van der Waals surface area (Å²) in [5, 5.41) is 6.63. The first-order valence-corrected chi connectivity index (χ1v) is 5.22. The van der Waals surface area contributed by atoms with Gasteiger partial charge in [0.1, 0.15) is 0 Å². The second-order valence-electron chi connectivity index (χ2n) is 2.70. The van der Waals surface area contributed by atoms with Crippen molar-refractivity contribution in [1.82, 2.24) is 4.72 Å². The number of nitriles is 1. The third-order valence-electron chi connectivity index (χ3n) is 1.48. The van der Waals surface area contributed by atoms with E-state index < -0.39 is 34.2 Å². The van der Waals surface area contributed by atoms with Crippen LogP contribution in [0.2, 0.25) is 0 Å². The topological polar surface area (TPSA) is 70.0 Å². The summed E-state index contributed by atoms with van der Waals surface area (Å²) in [4.78, 5) is 0. The highest BCUT2D eigenvalue weighted by molar-refractivity contribution is 7.90. The van der Waals surface area contributed by atoms with Crippen LogP contribution in [0.15, 0.2) is 0 Å². The summed E-state index contributed by atoms with van der Waals surface area (Å²) in [5.41, 5.74) is 0. The van der Waals surface area contributed by atoms with Crippen LogP contribution in [0.1, 0.15) is 6.92 Å². The van der Waals surface area contributed by atoms with Crippen molar-refractivity contribution >= 4 is 10.0 Å². The van der Waals surface area contributed by atoms with Gasteiger partial charge < -0.3 is 0 Å². The Morgan fingerprint density at radius 3 is 2.27 bits per heavy atom. The van der Waals surface area contributed by atoms with Crippen LogP contribution < -0.4 is 4.72 Å². The maximum absolute atomic E-state index is 12.3. The molecule has 0 amide bonds. The first-order valence-electron chi connectivity index (χ1n) is 3.67. The van der Waals surface area contributed by atoms with Gasteiger partial charge in [-0.2, -0.15) is 14.0 Å². The van der Waals surface area contributed by atoms with Gasteiger partial charge in [0.15, 0.2) is 5.25 Å². The fraction of sp³-hybridized carbons (Fsp3) is 0.833. The standard InChI is InChI=1S/C6H8F4N2O2S/c1-4(2-11)15(13,14)12-3-6(9,10)5(7)8/h4-5,12H,3H2,1H3. The Morgan fingerprint density at radius 1 is 1.47 bits per heavy atom. The van der Waals surface area contributed by atoms with E-state index in [1.807, 2.05) is 0 Å². The molecule has 0 bridgehead atoms. The molecule has 0 fully saturated rings. The van der Waals surface area contributed by atoms with Gasteiger partial charge in [0.25, 0.3) is 0 Å². The second-order valence-corrected chi connectivity index (χ2v) is 4.78. The normalized spacial score (nSPS) is 15.0. The van der Waals surface area contributed by atoms with Gasteiger partial charge in [-0.1, -0.05) is 0 Å². The number of hydrogen-bond donors (Lipinski definition) is 1. The van der Waals surface area contributed by atoms with Gasteiger partial charge in [0.05, 0.1) is 12.6 Å². The number of sulfonamides is 1. The van der Waals surface area contributed by atoms with E-state index in [9.17, 15) is 26.0 Å². The summed E-state index contributed by atoms with van der Waals surface area (Å²) in [6.45, 7) is -0.776. The lowest BCUT2D eigenvalue weighted by atomic mass is 10.4. The van der Waals surface area contributed by atoms with Crippen molar-refractivity contribution in [2.75, 3.05) is 6.54 Å². The van der Waals surface area contributed by atoms with E-state index in [0.717, 1.165) is 6.92 Å². The summed E-state index contributed by atoms with van der Waals surface area (Å²) < 4.78 is 70.9. The van der Waals surface area contributed by atoms with E-state index in [0.29, 0.717) is 0 Å². The third-order valence-corrected chi connectivity index (χ3v) is 3.06. The summed E-state index contributed by atoms with van der Waals surface area (Å²) in [5.74, 6) is -4.44. The number of hydrogen-bond acceptors (Lipinski definition) is 3. The lowest BCUT2D eigenvalue weighted by Crippen LogP contribution is -2.43. The van der Waals surface area contributed by atoms with Gasteiger partial charge in [0.2, 0.25) is 10.0 Å². The van der Waals surface area contributed by atoms with Crippen LogP contribution in [0.4, 0.5) is 17.6 Å². The summed E-state index contributed by atoms with van der Waals surface area (Å²) >= 11 is 0. The average Bonchev–Trinajstić information content (AvgIpc) is 2.13. The zero-order valence-electron chi connectivity index (χ0n) is 7.55. The highest BCUT2D eigenvalue weighted by atomic mass is 32.2. The molecule has 0 saturated carbocycles. The van der Waals surface area contributed by atoms with Gasteiger partial charge in [-0.05, 0) is 6.92 Å². The molecule has 0 aromatic carbocycles. The smallest absolute Gasteiger partial charge is 0.211 e. The molecule has 4 nitrogen and oxygen atoms in total. The molecule has 15 heavy (non-hydrogen) atoms. The van der Waals surface area contributed by atoms with Crippen LogP contribution in [0.3, 0.4) is 0 Å². The second kappa shape index (κ2) is 4.76. The molecule has 1 atom stereocenters. The molecule has 0 radical (unpaired) electrons. The maximum atomic E-state index is 12.3. The van der Waals surface area contributed by atoms with E-state index in [4.69, 9.17) is 5.26 Å². The first-order chi connectivity index (χ1) is 6.63. The van der Waals surface area contributed by atoms with Crippen molar-refractivity contribution in [3.05, 3.63) is 0 Å².